The van der Waals surface area contributed by atoms with Crippen molar-refractivity contribution < 1.29 is 9.90 Å². The van der Waals surface area contributed by atoms with Crippen molar-refractivity contribution in [1.29, 1.82) is 0 Å². The Morgan fingerprint density at radius 2 is 1.65 bits per heavy atom. The van der Waals surface area contributed by atoms with E-state index in [4.69, 9.17) is 0 Å². The number of carbonyl (C=O) groups is 1. The van der Waals surface area contributed by atoms with Gasteiger partial charge in [-0.3, -0.25) is 9.69 Å². The third-order valence-electron chi connectivity index (χ3n) is 8.61. The fraction of sp³-hybridized carbons (Fsp3) is 0.567. The lowest BCUT2D eigenvalue weighted by Gasteiger charge is -2.40. The normalized spacial score (nSPS) is 25.4. The minimum atomic E-state index is 0.291. The van der Waals surface area contributed by atoms with Crippen LogP contribution in [0.1, 0.15) is 74.8 Å². The Morgan fingerprint density at radius 1 is 0.912 bits per heavy atom. The van der Waals surface area contributed by atoms with Gasteiger partial charge in [-0.05, 0) is 73.6 Å². The smallest absolute Gasteiger partial charge is 0.227 e. The minimum absolute atomic E-state index is 0.291. The van der Waals surface area contributed by atoms with Crippen molar-refractivity contribution in [2.75, 3.05) is 19.6 Å². The third-order valence-corrected chi connectivity index (χ3v) is 8.61. The quantitative estimate of drug-likeness (QED) is 0.545. The number of hydrogen-bond donors (Lipinski definition) is 1. The molecule has 182 valence electrons. The number of nitrogens with zero attached hydrogens (tertiary/aromatic N) is 2. The van der Waals surface area contributed by atoms with Gasteiger partial charge in [-0.15, -0.1) is 0 Å². The third kappa shape index (κ3) is 5.66. The van der Waals surface area contributed by atoms with Gasteiger partial charge in [0, 0.05) is 31.7 Å². The molecule has 1 saturated carbocycles. The Hall–Kier alpha value is -2.33. The van der Waals surface area contributed by atoms with E-state index < -0.39 is 0 Å². The molecule has 2 aromatic rings. The second-order valence-corrected chi connectivity index (χ2v) is 10.9. The molecule has 3 fully saturated rings. The van der Waals surface area contributed by atoms with Gasteiger partial charge in [0.2, 0.25) is 5.91 Å². The summed E-state index contributed by atoms with van der Waals surface area (Å²) in [5, 5.41) is 9.93. The monoisotopic (exact) mass is 460 g/mol. The van der Waals surface area contributed by atoms with E-state index in [1.165, 1.54) is 63.4 Å². The summed E-state index contributed by atoms with van der Waals surface area (Å²) in [6.07, 6.45) is 11.9. The molecule has 4 heteroatoms. The van der Waals surface area contributed by atoms with Crippen LogP contribution in [0.25, 0.3) is 0 Å². The fourth-order valence-corrected chi connectivity index (χ4v) is 6.81. The van der Waals surface area contributed by atoms with Crippen LogP contribution in [0.4, 0.5) is 0 Å². The van der Waals surface area contributed by atoms with E-state index >= 15 is 0 Å². The molecule has 4 nitrogen and oxygen atoms in total. The molecule has 2 heterocycles. The average molecular weight is 461 g/mol. The number of piperidine rings is 1. The topological polar surface area (TPSA) is 43.8 Å². The lowest BCUT2D eigenvalue weighted by Crippen LogP contribution is -2.48. The Morgan fingerprint density at radius 3 is 2.35 bits per heavy atom. The van der Waals surface area contributed by atoms with Crippen molar-refractivity contribution in [2.45, 2.75) is 82.2 Å². The van der Waals surface area contributed by atoms with E-state index in [1.54, 1.807) is 6.07 Å². The van der Waals surface area contributed by atoms with Crippen LogP contribution in [-0.4, -0.2) is 52.5 Å². The van der Waals surface area contributed by atoms with Crippen LogP contribution in [0.5, 0.6) is 5.75 Å². The highest BCUT2D eigenvalue weighted by Gasteiger charge is 2.41. The van der Waals surface area contributed by atoms with Gasteiger partial charge in [0.25, 0.3) is 0 Å². The van der Waals surface area contributed by atoms with Crippen LogP contribution < -0.4 is 0 Å². The number of carbonyl (C=O) groups excluding carboxylic acids is 1. The molecule has 2 aliphatic heterocycles. The number of phenolic OH excluding ortho intramolecular Hbond substituents is 1. The van der Waals surface area contributed by atoms with Gasteiger partial charge >= 0.3 is 0 Å². The molecule has 2 saturated heterocycles. The number of fused-ring (bicyclic) bond motifs is 2. The first-order chi connectivity index (χ1) is 16.7. The highest BCUT2D eigenvalue weighted by molar-refractivity contribution is 5.78. The van der Waals surface area contributed by atoms with E-state index in [0.717, 1.165) is 25.2 Å². The van der Waals surface area contributed by atoms with Crippen molar-refractivity contribution in [3.8, 4) is 5.75 Å². The zero-order valence-electron chi connectivity index (χ0n) is 20.4. The van der Waals surface area contributed by atoms with Crippen LogP contribution >= 0.6 is 0 Å². The lowest BCUT2D eigenvalue weighted by atomic mass is 9.85. The van der Waals surface area contributed by atoms with E-state index in [0.29, 0.717) is 42.0 Å². The first-order valence-electron chi connectivity index (χ1n) is 13.5. The van der Waals surface area contributed by atoms with Crippen LogP contribution in [0.3, 0.4) is 0 Å². The molecule has 34 heavy (non-hydrogen) atoms. The second kappa shape index (κ2) is 10.9. The van der Waals surface area contributed by atoms with Gasteiger partial charge in [0.1, 0.15) is 5.75 Å². The zero-order valence-corrected chi connectivity index (χ0v) is 20.4. The van der Waals surface area contributed by atoms with Crippen molar-refractivity contribution in [3.05, 3.63) is 65.7 Å². The Kier molecular flexibility index (Phi) is 7.54. The van der Waals surface area contributed by atoms with Crippen molar-refractivity contribution in [3.63, 3.8) is 0 Å². The molecular weight excluding hydrogens is 420 g/mol. The molecule has 5 rings (SSSR count). The maximum absolute atomic E-state index is 13.4. The Labute approximate surface area is 205 Å². The molecule has 2 bridgehead atoms. The highest BCUT2D eigenvalue weighted by Crippen LogP contribution is 2.43. The standard InChI is InChI=1S/C30H40N2O2/c33-29-13-7-12-25(21-29)26-19-27-14-15-28(20-26)32(27)17-16-31(22-24-10-5-2-6-11-24)30(34)18-23-8-3-1-4-9-23/h1,3-4,7-9,12-13,21,24,26-28,33H,2,5-6,10-11,14-20,22H2/t26-,27+,28-. The van der Waals surface area contributed by atoms with E-state index in [9.17, 15) is 9.90 Å². The molecule has 0 aromatic heterocycles. The van der Waals surface area contributed by atoms with Crippen LogP contribution in [0.2, 0.25) is 0 Å². The first kappa shape index (κ1) is 23.4. The lowest BCUT2D eigenvalue weighted by molar-refractivity contribution is -0.131. The predicted molar refractivity (Wildman–Crippen MR) is 137 cm³/mol. The highest BCUT2D eigenvalue weighted by atomic mass is 16.3. The summed E-state index contributed by atoms with van der Waals surface area (Å²) in [7, 11) is 0. The van der Waals surface area contributed by atoms with Crippen molar-refractivity contribution in [2.24, 2.45) is 5.92 Å². The number of phenols is 1. The summed E-state index contributed by atoms with van der Waals surface area (Å²) in [5.41, 5.74) is 2.40. The van der Waals surface area contributed by atoms with E-state index in [2.05, 4.69) is 28.0 Å². The Balaban J connectivity index is 1.22. The summed E-state index contributed by atoms with van der Waals surface area (Å²) in [5.74, 6) is 1.88. The van der Waals surface area contributed by atoms with Gasteiger partial charge in [0.15, 0.2) is 0 Å². The largest absolute Gasteiger partial charge is 0.508 e. The number of amides is 1. The molecule has 1 aliphatic carbocycles. The summed E-state index contributed by atoms with van der Waals surface area (Å²) in [6, 6.07) is 19.3. The van der Waals surface area contributed by atoms with Gasteiger partial charge in [-0.2, -0.15) is 0 Å². The van der Waals surface area contributed by atoms with Crippen LogP contribution in [0, 0.1) is 5.92 Å². The number of benzene rings is 2. The molecule has 0 spiro atoms. The fourth-order valence-electron chi connectivity index (χ4n) is 6.81. The predicted octanol–water partition coefficient (Wildman–Crippen LogP) is 5.75. The van der Waals surface area contributed by atoms with Gasteiger partial charge < -0.3 is 10.0 Å². The van der Waals surface area contributed by atoms with Gasteiger partial charge in [-0.25, -0.2) is 0 Å². The average Bonchev–Trinajstić information content (AvgIpc) is 3.09. The van der Waals surface area contributed by atoms with Crippen LogP contribution in [0.15, 0.2) is 54.6 Å². The van der Waals surface area contributed by atoms with Gasteiger partial charge in [-0.1, -0.05) is 61.7 Å². The summed E-state index contributed by atoms with van der Waals surface area (Å²) in [6.45, 7) is 2.78. The van der Waals surface area contributed by atoms with Crippen LogP contribution in [-0.2, 0) is 11.2 Å². The zero-order chi connectivity index (χ0) is 23.3. The van der Waals surface area contributed by atoms with Crippen molar-refractivity contribution in [1.82, 2.24) is 9.80 Å². The molecule has 1 N–H and O–H groups in total. The summed E-state index contributed by atoms with van der Waals surface area (Å²) < 4.78 is 0. The molecule has 0 unspecified atom stereocenters. The Bertz CT molecular complexity index is 926. The molecule has 3 atom stereocenters. The number of hydrogen-bond acceptors (Lipinski definition) is 3. The van der Waals surface area contributed by atoms with Crippen molar-refractivity contribution >= 4 is 5.91 Å². The van der Waals surface area contributed by atoms with E-state index in [1.807, 2.05) is 30.3 Å². The van der Waals surface area contributed by atoms with E-state index in [-0.39, 0.29) is 0 Å². The maximum Gasteiger partial charge on any atom is 0.227 e. The summed E-state index contributed by atoms with van der Waals surface area (Å²) >= 11 is 0. The summed E-state index contributed by atoms with van der Waals surface area (Å²) in [4.78, 5) is 18.3. The molecule has 3 aliphatic rings. The SMILES string of the molecule is O=C(Cc1ccccc1)N(CCN1[C@@H]2CC[C@H]1C[C@@H](c1cccc(O)c1)C2)CC1CCCCC1. The number of rotatable bonds is 8. The molecular formula is C30H40N2O2. The number of aromatic hydroxyl groups is 1. The maximum atomic E-state index is 13.4. The molecule has 0 radical (unpaired) electrons. The first-order valence-corrected chi connectivity index (χ1v) is 13.5. The minimum Gasteiger partial charge on any atom is -0.508 e. The molecule has 2 aromatic carbocycles. The van der Waals surface area contributed by atoms with Gasteiger partial charge in [0.05, 0.1) is 6.42 Å². The second-order valence-electron chi connectivity index (χ2n) is 10.9. The molecule has 1 amide bonds.